The van der Waals surface area contributed by atoms with Gasteiger partial charge in [0, 0.05) is 23.7 Å². The molecule has 1 amide bonds. The molecule has 0 saturated heterocycles. The van der Waals surface area contributed by atoms with Gasteiger partial charge in [0.25, 0.3) is 0 Å². The zero-order valence-corrected chi connectivity index (χ0v) is 14.1. The van der Waals surface area contributed by atoms with Crippen molar-refractivity contribution in [2.24, 2.45) is 0 Å². The first-order valence-electron chi connectivity index (χ1n) is 7.02. The molecule has 3 nitrogen and oxygen atoms in total. The van der Waals surface area contributed by atoms with Crippen LogP contribution in [0.5, 0.6) is 0 Å². The molecule has 22 heavy (non-hydrogen) atoms. The van der Waals surface area contributed by atoms with Crippen LogP contribution in [0.4, 0.5) is 11.4 Å². The molecular weight excluding hydrogens is 319 g/mol. The number of benzene rings is 2. The second-order valence-corrected chi connectivity index (χ2v) is 6.01. The molecule has 0 aliphatic carbocycles. The zero-order chi connectivity index (χ0) is 16.1. The van der Waals surface area contributed by atoms with E-state index in [1.807, 2.05) is 19.1 Å². The molecule has 5 heteroatoms. The summed E-state index contributed by atoms with van der Waals surface area (Å²) >= 11 is 11.8. The highest BCUT2D eigenvalue weighted by molar-refractivity contribution is 6.36. The Morgan fingerprint density at radius 1 is 1.05 bits per heavy atom. The summed E-state index contributed by atoms with van der Waals surface area (Å²) in [5.74, 6) is -0.0958. The summed E-state index contributed by atoms with van der Waals surface area (Å²) in [5.41, 5.74) is 4.00. The molecule has 2 rings (SSSR count). The number of carbonyl (C=O) groups excluding carboxylic acids is 1. The Morgan fingerprint density at radius 2 is 1.77 bits per heavy atom. The van der Waals surface area contributed by atoms with Crippen LogP contribution in [0.25, 0.3) is 0 Å². The lowest BCUT2D eigenvalue weighted by atomic mass is 10.1. The number of nitrogens with one attached hydrogen (secondary N) is 2. The van der Waals surface area contributed by atoms with E-state index in [9.17, 15) is 4.79 Å². The van der Waals surface area contributed by atoms with Gasteiger partial charge in [-0.25, -0.2) is 0 Å². The number of rotatable bonds is 5. The molecule has 2 aromatic carbocycles. The van der Waals surface area contributed by atoms with Crippen molar-refractivity contribution in [2.75, 3.05) is 17.2 Å². The van der Waals surface area contributed by atoms with E-state index in [2.05, 4.69) is 23.6 Å². The predicted molar refractivity (Wildman–Crippen MR) is 94.1 cm³/mol. The van der Waals surface area contributed by atoms with E-state index in [0.717, 1.165) is 5.69 Å². The number of aryl methyl sites for hydroxylation is 2. The van der Waals surface area contributed by atoms with Crippen molar-refractivity contribution in [3.63, 3.8) is 0 Å². The van der Waals surface area contributed by atoms with E-state index in [-0.39, 0.29) is 5.91 Å². The Morgan fingerprint density at radius 3 is 2.45 bits per heavy atom. The first-order chi connectivity index (χ1) is 10.5. The maximum atomic E-state index is 11.9. The Balaban J connectivity index is 1.85. The summed E-state index contributed by atoms with van der Waals surface area (Å²) in [6.07, 6.45) is 0.353. The van der Waals surface area contributed by atoms with Crippen LogP contribution >= 0.6 is 23.2 Å². The number of hydrogen-bond acceptors (Lipinski definition) is 2. The van der Waals surface area contributed by atoms with E-state index >= 15 is 0 Å². The minimum atomic E-state index is -0.0958. The van der Waals surface area contributed by atoms with Crippen LogP contribution in [0, 0.1) is 13.8 Å². The van der Waals surface area contributed by atoms with Crippen LogP contribution in [-0.4, -0.2) is 12.5 Å². The van der Waals surface area contributed by atoms with Crippen molar-refractivity contribution in [3.8, 4) is 0 Å². The summed E-state index contributed by atoms with van der Waals surface area (Å²) < 4.78 is 0. The van der Waals surface area contributed by atoms with Crippen LogP contribution in [0.3, 0.4) is 0 Å². The van der Waals surface area contributed by atoms with Crippen molar-refractivity contribution < 1.29 is 4.79 Å². The molecule has 2 aromatic rings. The smallest absolute Gasteiger partial charge is 0.226 e. The summed E-state index contributed by atoms with van der Waals surface area (Å²) in [6.45, 7) is 4.66. The van der Waals surface area contributed by atoms with Gasteiger partial charge in [-0.05, 0) is 43.7 Å². The molecule has 0 radical (unpaired) electrons. The predicted octanol–water partition coefficient (Wildman–Crippen LogP) is 5.05. The molecule has 0 atom stereocenters. The fraction of sp³-hybridized carbons (Fsp3) is 0.235. The van der Waals surface area contributed by atoms with Crippen molar-refractivity contribution in [3.05, 3.63) is 57.6 Å². The van der Waals surface area contributed by atoms with Gasteiger partial charge in [0.15, 0.2) is 0 Å². The second-order valence-electron chi connectivity index (χ2n) is 5.17. The highest BCUT2D eigenvalue weighted by Gasteiger charge is 2.06. The summed E-state index contributed by atoms with van der Waals surface area (Å²) in [6, 6.07) is 11.2. The average molecular weight is 337 g/mol. The van der Waals surface area contributed by atoms with E-state index in [4.69, 9.17) is 23.2 Å². The highest BCUT2D eigenvalue weighted by atomic mass is 35.5. The number of amides is 1. The number of halogens is 2. The molecule has 0 fully saturated rings. The lowest BCUT2D eigenvalue weighted by Gasteiger charge is -2.11. The van der Waals surface area contributed by atoms with Gasteiger partial charge >= 0.3 is 0 Å². The largest absolute Gasteiger partial charge is 0.384 e. The van der Waals surface area contributed by atoms with Crippen LogP contribution in [0.1, 0.15) is 17.5 Å². The van der Waals surface area contributed by atoms with Gasteiger partial charge < -0.3 is 10.6 Å². The molecule has 0 unspecified atom stereocenters. The van der Waals surface area contributed by atoms with Gasteiger partial charge in [-0.1, -0.05) is 40.9 Å². The molecule has 0 aliphatic rings. The molecule has 0 aliphatic heterocycles. The van der Waals surface area contributed by atoms with Crippen LogP contribution in [0.15, 0.2) is 36.4 Å². The number of carbonyl (C=O) groups is 1. The minimum absolute atomic E-state index is 0.0958. The first-order valence-corrected chi connectivity index (χ1v) is 7.77. The van der Waals surface area contributed by atoms with Crippen molar-refractivity contribution in [2.45, 2.75) is 20.3 Å². The van der Waals surface area contributed by atoms with E-state index in [0.29, 0.717) is 28.7 Å². The van der Waals surface area contributed by atoms with Crippen LogP contribution < -0.4 is 10.6 Å². The molecule has 0 heterocycles. The SMILES string of the molecule is Cc1ccc(NCCC(=O)Nc2ccc(Cl)cc2Cl)c(C)c1. The van der Waals surface area contributed by atoms with E-state index < -0.39 is 0 Å². The molecule has 0 saturated carbocycles. The van der Waals surface area contributed by atoms with Crippen LogP contribution in [0.2, 0.25) is 10.0 Å². The molecular formula is C17H18Cl2N2O. The minimum Gasteiger partial charge on any atom is -0.384 e. The number of anilines is 2. The third kappa shape index (κ3) is 4.65. The van der Waals surface area contributed by atoms with Gasteiger partial charge in [-0.15, -0.1) is 0 Å². The molecule has 116 valence electrons. The van der Waals surface area contributed by atoms with Gasteiger partial charge in [0.2, 0.25) is 5.91 Å². The maximum absolute atomic E-state index is 11.9. The van der Waals surface area contributed by atoms with Gasteiger partial charge in [0.1, 0.15) is 0 Å². The van der Waals surface area contributed by atoms with E-state index in [1.54, 1.807) is 18.2 Å². The Labute approximate surface area is 140 Å². The molecule has 0 bridgehead atoms. The number of hydrogen-bond donors (Lipinski definition) is 2. The summed E-state index contributed by atoms with van der Waals surface area (Å²) in [7, 11) is 0. The topological polar surface area (TPSA) is 41.1 Å². The standard InChI is InChI=1S/C17H18Cl2N2O/c1-11-3-5-15(12(2)9-11)20-8-7-17(22)21-16-6-4-13(18)10-14(16)19/h3-6,9-10,20H,7-8H2,1-2H3,(H,21,22). The van der Waals surface area contributed by atoms with Gasteiger partial charge in [0.05, 0.1) is 10.7 Å². The van der Waals surface area contributed by atoms with Crippen LogP contribution in [-0.2, 0) is 4.79 Å². The quantitative estimate of drug-likeness (QED) is 0.801. The third-order valence-electron chi connectivity index (χ3n) is 3.25. The molecule has 0 spiro atoms. The molecule has 2 N–H and O–H groups in total. The van der Waals surface area contributed by atoms with Crippen molar-refractivity contribution in [1.82, 2.24) is 0 Å². The monoisotopic (exact) mass is 336 g/mol. The lowest BCUT2D eigenvalue weighted by Crippen LogP contribution is -2.16. The fourth-order valence-electron chi connectivity index (χ4n) is 2.13. The third-order valence-corrected chi connectivity index (χ3v) is 3.80. The Kier molecular flexibility index (Phi) is 5.69. The summed E-state index contributed by atoms with van der Waals surface area (Å²) in [5, 5.41) is 7.02. The normalized spacial score (nSPS) is 10.4. The highest BCUT2D eigenvalue weighted by Crippen LogP contribution is 2.25. The fourth-order valence-corrected chi connectivity index (χ4v) is 2.58. The first kappa shape index (κ1) is 16.7. The Bertz CT molecular complexity index is 686. The average Bonchev–Trinajstić information content (AvgIpc) is 2.44. The Hall–Kier alpha value is -1.71. The summed E-state index contributed by atoms with van der Waals surface area (Å²) in [4.78, 5) is 11.9. The second kappa shape index (κ2) is 7.52. The van der Waals surface area contributed by atoms with Crippen molar-refractivity contribution in [1.29, 1.82) is 0 Å². The van der Waals surface area contributed by atoms with Gasteiger partial charge in [-0.3, -0.25) is 4.79 Å². The molecule has 0 aromatic heterocycles. The zero-order valence-electron chi connectivity index (χ0n) is 12.5. The lowest BCUT2D eigenvalue weighted by molar-refractivity contribution is -0.115. The van der Waals surface area contributed by atoms with Gasteiger partial charge in [-0.2, -0.15) is 0 Å². The van der Waals surface area contributed by atoms with Crippen molar-refractivity contribution >= 4 is 40.5 Å². The maximum Gasteiger partial charge on any atom is 0.226 e. The van der Waals surface area contributed by atoms with E-state index in [1.165, 1.54) is 11.1 Å².